The van der Waals surface area contributed by atoms with Crippen LogP contribution in [0.15, 0.2) is 70.4 Å². The van der Waals surface area contributed by atoms with Gasteiger partial charge in [0, 0.05) is 37.3 Å². The molecule has 2 aromatic heterocycles. The predicted molar refractivity (Wildman–Crippen MR) is 208 cm³/mol. The van der Waals surface area contributed by atoms with E-state index < -0.39 is 46.2 Å². The molecule has 6 rings (SSSR count). The van der Waals surface area contributed by atoms with E-state index in [-0.39, 0.29) is 17.1 Å². The van der Waals surface area contributed by atoms with E-state index >= 15 is 0 Å². The number of halogens is 1. The molecule has 0 spiro atoms. The molecule has 0 unspecified atom stereocenters. The molecule has 1 aliphatic carbocycles. The van der Waals surface area contributed by atoms with Gasteiger partial charge >= 0.3 is 11.8 Å². The Bertz CT molecular complexity index is 2130. The molecule has 2 fully saturated rings. The molecule has 2 amide bonds. The van der Waals surface area contributed by atoms with Crippen molar-refractivity contribution in [3.8, 4) is 16.8 Å². The van der Waals surface area contributed by atoms with Crippen molar-refractivity contribution in [2.24, 2.45) is 0 Å². The average Bonchev–Trinajstić information content (AvgIpc) is 3.32. The monoisotopic (exact) mass is 741 g/mol. The number of carboxylic acid groups (broad SMARTS) is 1. The standard InChI is InChI=1S/C41H52FN7O5/c1-40(2,3)49(39(53)54)41(4,5)37(51)44-31-15-17-32(18-16-31)48-36(50)34-24-30(42)25-43-35(34)47(38(48)52)33-10-7-9-29(23-33)28-13-11-27(12-14-28)26-46-20-8-19-45(6)21-22-46/h7,9-14,23-25,31-32H,8,15-22,26H2,1-6H3,(H,44,51)(H,53,54). The van der Waals surface area contributed by atoms with Crippen LogP contribution < -0.4 is 16.6 Å². The Kier molecular flexibility index (Phi) is 11.1. The van der Waals surface area contributed by atoms with Gasteiger partial charge in [0.1, 0.15) is 11.4 Å². The maximum Gasteiger partial charge on any atom is 0.408 e. The van der Waals surface area contributed by atoms with Crippen molar-refractivity contribution in [2.75, 3.05) is 33.2 Å². The Morgan fingerprint density at radius 2 is 1.63 bits per heavy atom. The maximum absolute atomic E-state index is 14.6. The summed E-state index contributed by atoms with van der Waals surface area (Å²) in [7, 11) is 2.16. The van der Waals surface area contributed by atoms with Crippen LogP contribution in [0.25, 0.3) is 27.8 Å². The SMILES string of the molecule is CN1CCCN(Cc2ccc(-c3cccc(-n4c(=O)n(C5CCC(NC(=O)C(C)(C)N(C(=O)O)C(C)(C)C)CC5)c(=O)c5cc(F)cnc54)c3)cc2)CC1. The summed E-state index contributed by atoms with van der Waals surface area (Å²) >= 11 is 0. The summed E-state index contributed by atoms with van der Waals surface area (Å²) in [6.45, 7) is 13.5. The van der Waals surface area contributed by atoms with Crippen LogP contribution in [0.4, 0.5) is 9.18 Å². The van der Waals surface area contributed by atoms with Crippen molar-refractivity contribution in [3.05, 3.63) is 93.0 Å². The number of aromatic nitrogens is 3. The summed E-state index contributed by atoms with van der Waals surface area (Å²) in [6, 6.07) is 16.2. The minimum Gasteiger partial charge on any atom is -0.465 e. The highest BCUT2D eigenvalue weighted by atomic mass is 19.1. The number of hydrogen-bond acceptors (Lipinski definition) is 7. The maximum atomic E-state index is 14.6. The number of hydrogen-bond donors (Lipinski definition) is 2. The second-order valence-electron chi connectivity index (χ2n) is 16.3. The van der Waals surface area contributed by atoms with Crippen LogP contribution in [0.3, 0.4) is 0 Å². The molecule has 0 atom stereocenters. The van der Waals surface area contributed by atoms with Crippen LogP contribution in [0.5, 0.6) is 0 Å². The van der Waals surface area contributed by atoms with Crippen LogP contribution >= 0.6 is 0 Å². The number of carbonyl (C=O) groups excluding carboxylic acids is 1. The normalized spacial score (nSPS) is 19.0. The summed E-state index contributed by atoms with van der Waals surface area (Å²) in [5.74, 6) is -1.10. The van der Waals surface area contributed by atoms with Gasteiger partial charge in [0.25, 0.3) is 5.56 Å². The first-order valence-corrected chi connectivity index (χ1v) is 18.8. The number of pyridine rings is 1. The fraction of sp³-hybridized carbons (Fsp3) is 0.488. The third kappa shape index (κ3) is 8.12. The molecule has 1 aliphatic heterocycles. The quantitative estimate of drug-likeness (QED) is 0.237. The van der Waals surface area contributed by atoms with E-state index in [2.05, 4.69) is 51.4 Å². The van der Waals surface area contributed by atoms with Gasteiger partial charge in [0.15, 0.2) is 5.65 Å². The zero-order valence-electron chi connectivity index (χ0n) is 32.1. The van der Waals surface area contributed by atoms with Crippen LogP contribution in [0, 0.1) is 5.82 Å². The summed E-state index contributed by atoms with van der Waals surface area (Å²) in [6.07, 6.45) is 2.68. The molecule has 12 nitrogen and oxygen atoms in total. The third-order valence-corrected chi connectivity index (χ3v) is 10.9. The Hall–Kier alpha value is -4.88. The van der Waals surface area contributed by atoms with E-state index in [4.69, 9.17) is 0 Å². The Morgan fingerprint density at radius 3 is 2.30 bits per heavy atom. The topological polar surface area (TPSA) is 133 Å². The lowest BCUT2D eigenvalue weighted by atomic mass is 9.89. The van der Waals surface area contributed by atoms with E-state index in [1.54, 1.807) is 40.7 Å². The van der Waals surface area contributed by atoms with Crippen molar-refractivity contribution in [2.45, 2.75) is 96.4 Å². The van der Waals surface area contributed by atoms with Gasteiger partial charge in [-0.15, -0.1) is 0 Å². The van der Waals surface area contributed by atoms with Gasteiger partial charge < -0.3 is 15.3 Å². The number of nitrogens with one attached hydrogen (secondary N) is 1. The van der Waals surface area contributed by atoms with E-state index in [0.29, 0.717) is 31.4 Å². The molecule has 54 heavy (non-hydrogen) atoms. The Morgan fingerprint density at radius 1 is 0.926 bits per heavy atom. The van der Waals surface area contributed by atoms with E-state index in [0.717, 1.165) is 67.4 Å². The highest BCUT2D eigenvalue weighted by Gasteiger charge is 2.44. The molecule has 4 aromatic rings. The average molecular weight is 742 g/mol. The van der Waals surface area contributed by atoms with Crippen molar-refractivity contribution in [1.82, 2.24) is 34.1 Å². The zero-order valence-corrected chi connectivity index (χ0v) is 32.1. The number of rotatable bonds is 8. The molecular weight excluding hydrogens is 689 g/mol. The van der Waals surface area contributed by atoms with Gasteiger partial charge in [-0.1, -0.05) is 36.4 Å². The van der Waals surface area contributed by atoms with Gasteiger partial charge in [0.05, 0.1) is 17.3 Å². The van der Waals surface area contributed by atoms with Gasteiger partial charge in [-0.25, -0.2) is 23.5 Å². The highest BCUT2D eigenvalue weighted by Crippen LogP contribution is 2.31. The summed E-state index contributed by atoms with van der Waals surface area (Å²) in [5, 5.41) is 12.9. The predicted octanol–water partition coefficient (Wildman–Crippen LogP) is 5.65. The molecule has 13 heteroatoms. The molecule has 0 radical (unpaired) electrons. The van der Waals surface area contributed by atoms with Gasteiger partial charge in [0.2, 0.25) is 5.91 Å². The highest BCUT2D eigenvalue weighted by molar-refractivity contribution is 5.89. The lowest BCUT2D eigenvalue weighted by Crippen LogP contribution is -2.64. The molecule has 2 N–H and O–H groups in total. The number of nitrogens with zero attached hydrogens (tertiary/aromatic N) is 6. The summed E-state index contributed by atoms with van der Waals surface area (Å²) in [4.78, 5) is 64.1. The number of carbonyl (C=O) groups is 2. The van der Waals surface area contributed by atoms with E-state index in [9.17, 15) is 28.7 Å². The van der Waals surface area contributed by atoms with Crippen LogP contribution in [-0.4, -0.2) is 96.3 Å². The first-order valence-electron chi connectivity index (χ1n) is 18.8. The first kappa shape index (κ1) is 38.8. The van der Waals surface area contributed by atoms with E-state index in [1.807, 2.05) is 18.2 Å². The smallest absolute Gasteiger partial charge is 0.408 e. The minimum atomic E-state index is -1.35. The third-order valence-electron chi connectivity index (χ3n) is 10.9. The molecule has 1 saturated carbocycles. The number of fused-ring (bicyclic) bond motifs is 1. The van der Waals surface area contributed by atoms with Gasteiger partial charge in [-0.3, -0.25) is 24.0 Å². The number of benzene rings is 2. The fourth-order valence-corrected chi connectivity index (χ4v) is 8.19. The van der Waals surface area contributed by atoms with Crippen molar-refractivity contribution >= 4 is 23.0 Å². The number of likely N-dealkylation sites (N-methyl/N-ethyl adjacent to an activating group) is 1. The lowest BCUT2D eigenvalue weighted by molar-refractivity contribution is -0.134. The molecule has 2 aliphatic rings. The molecule has 0 bridgehead atoms. The molecule has 1 saturated heterocycles. The van der Waals surface area contributed by atoms with Gasteiger partial charge in [-0.2, -0.15) is 0 Å². The molecule has 288 valence electrons. The Balaban J connectivity index is 1.25. The van der Waals surface area contributed by atoms with Crippen molar-refractivity contribution in [3.63, 3.8) is 0 Å². The van der Waals surface area contributed by atoms with Crippen molar-refractivity contribution in [1.29, 1.82) is 0 Å². The Labute approximate surface area is 315 Å². The second kappa shape index (κ2) is 15.5. The summed E-state index contributed by atoms with van der Waals surface area (Å²) < 4.78 is 17.2. The van der Waals surface area contributed by atoms with Crippen LogP contribution in [0.1, 0.15) is 78.3 Å². The van der Waals surface area contributed by atoms with Crippen LogP contribution in [-0.2, 0) is 11.3 Å². The lowest BCUT2D eigenvalue weighted by Gasteiger charge is -2.44. The second-order valence-corrected chi connectivity index (χ2v) is 16.3. The largest absolute Gasteiger partial charge is 0.465 e. The van der Waals surface area contributed by atoms with Crippen molar-refractivity contribution < 1.29 is 19.1 Å². The zero-order chi connectivity index (χ0) is 38.9. The molecule has 3 heterocycles. The fourth-order valence-electron chi connectivity index (χ4n) is 8.19. The molecular formula is C41H52FN7O5. The van der Waals surface area contributed by atoms with Crippen LogP contribution in [0.2, 0.25) is 0 Å². The van der Waals surface area contributed by atoms with Gasteiger partial charge in [-0.05, 0) is 122 Å². The number of amides is 2. The van der Waals surface area contributed by atoms with E-state index in [1.165, 1.54) is 14.7 Å². The summed E-state index contributed by atoms with van der Waals surface area (Å²) in [5.41, 5.74) is 0.300. The first-order chi connectivity index (χ1) is 25.5. The minimum absolute atomic E-state index is 0.00261. The molecule has 2 aromatic carbocycles.